The number of methoxy groups -OCH3 is 1. The van der Waals surface area contributed by atoms with Crippen LogP contribution in [-0.2, 0) is 4.79 Å². The van der Waals surface area contributed by atoms with Crippen molar-refractivity contribution in [3.8, 4) is 5.75 Å². The highest BCUT2D eigenvalue weighted by atomic mass is 32.2. The van der Waals surface area contributed by atoms with Crippen molar-refractivity contribution >= 4 is 46.3 Å². The number of hydrogen-bond donors (Lipinski definition) is 2. The maximum Gasteiger partial charge on any atom is 0.255 e. The summed E-state index contributed by atoms with van der Waals surface area (Å²) >= 11 is 2.79. The van der Waals surface area contributed by atoms with Crippen LogP contribution in [0.1, 0.15) is 15.4 Å². The predicted molar refractivity (Wildman–Crippen MR) is 111 cm³/mol. The minimum atomic E-state index is -0.260. The van der Waals surface area contributed by atoms with Gasteiger partial charge in [-0.25, -0.2) is 0 Å². The third-order valence-corrected chi connectivity index (χ3v) is 5.59. The van der Waals surface area contributed by atoms with Crippen molar-refractivity contribution in [3.05, 3.63) is 59.1 Å². The first-order valence-electron chi connectivity index (χ1n) is 8.32. The van der Waals surface area contributed by atoms with E-state index in [-0.39, 0.29) is 17.6 Å². The minimum Gasteiger partial charge on any atom is -0.495 e. The van der Waals surface area contributed by atoms with E-state index in [4.69, 9.17) is 4.74 Å². The highest BCUT2D eigenvalue weighted by Gasteiger charge is 2.11. The Labute approximate surface area is 170 Å². The lowest BCUT2D eigenvalue weighted by molar-refractivity contribution is -0.113. The van der Waals surface area contributed by atoms with Crippen LogP contribution in [0.2, 0.25) is 0 Å². The number of ether oxygens (including phenoxy) is 1. The minimum absolute atomic E-state index is 0.149. The number of anilines is 2. The second-order valence-corrected chi connectivity index (χ2v) is 8.06. The molecule has 0 fully saturated rings. The van der Waals surface area contributed by atoms with Gasteiger partial charge in [0.05, 0.1) is 18.6 Å². The van der Waals surface area contributed by atoms with E-state index in [1.807, 2.05) is 19.1 Å². The molecule has 0 saturated carbocycles. The molecule has 2 N–H and O–H groups in total. The van der Waals surface area contributed by atoms with Gasteiger partial charge in [0.1, 0.15) is 10.8 Å². The van der Waals surface area contributed by atoms with Crippen LogP contribution in [0.15, 0.2) is 52.9 Å². The SMILES string of the molecule is COc1ccccc1NC(=O)c1ccc(NC(=O)CSc2nnc(C)s2)cc1. The first-order chi connectivity index (χ1) is 13.5. The van der Waals surface area contributed by atoms with Crippen LogP contribution >= 0.6 is 23.1 Å². The van der Waals surface area contributed by atoms with Crippen molar-refractivity contribution in [1.82, 2.24) is 10.2 Å². The summed E-state index contributed by atoms with van der Waals surface area (Å²) in [5.74, 6) is 0.418. The highest BCUT2D eigenvalue weighted by molar-refractivity contribution is 8.01. The normalized spacial score (nSPS) is 10.4. The van der Waals surface area contributed by atoms with E-state index in [1.54, 1.807) is 43.5 Å². The topological polar surface area (TPSA) is 93.2 Å². The number of rotatable bonds is 7. The summed E-state index contributed by atoms with van der Waals surface area (Å²) < 4.78 is 5.99. The fourth-order valence-corrected chi connectivity index (χ4v) is 3.92. The van der Waals surface area contributed by atoms with E-state index in [2.05, 4.69) is 20.8 Å². The van der Waals surface area contributed by atoms with Crippen molar-refractivity contribution in [2.75, 3.05) is 23.5 Å². The first kappa shape index (κ1) is 19.8. The summed E-state index contributed by atoms with van der Waals surface area (Å²) in [5, 5.41) is 14.4. The van der Waals surface area contributed by atoms with Gasteiger partial charge in [-0.2, -0.15) is 0 Å². The van der Waals surface area contributed by atoms with Crippen molar-refractivity contribution in [1.29, 1.82) is 0 Å². The molecule has 28 heavy (non-hydrogen) atoms. The lowest BCUT2D eigenvalue weighted by Crippen LogP contribution is -2.15. The fourth-order valence-electron chi connectivity index (χ4n) is 2.31. The molecule has 0 radical (unpaired) electrons. The number of carbonyl (C=O) groups excluding carboxylic acids is 2. The maximum atomic E-state index is 12.4. The molecule has 144 valence electrons. The third kappa shape index (κ3) is 5.30. The fraction of sp³-hybridized carbons (Fsp3) is 0.158. The summed E-state index contributed by atoms with van der Waals surface area (Å²) in [5.41, 5.74) is 1.69. The summed E-state index contributed by atoms with van der Waals surface area (Å²) in [6.45, 7) is 1.87. The number of amides is 2. The van der Waals surface area contributed by atoms with Crippen LogP contribution in [0.25, 0.3) is 0 Å². The molecule has 2 aromatic carbocycles. The van der Waals surface area contributed by atoms with Crippen LogP contribution in [0.4, 0.5) is 11.4 Å². The van der Waals surface area contributed by atoms with Gasteiger partial charge in [0.25, 0.3) is 5.91 Å². The van der Waals surface area contributed by atoms with Gasteiger partial charge >= 0.3 is 0 Å². The van der Waals surface area contributed by atoms with Crippen LogP contribution in [0.3, 0.4) is 0 Å². The molecular weight excluding hydrogens is 396 g/mol. The standard InChI is InChI=1S/C19H18N4O3S2/c1-12-22-23-19(28-12)27-11-17(24)20-14-9-7-13(8-10-14)18(25)21-15-5-3-4-6-16(15)26-2/h3-10H,11H2,1-2H3,(H,20,24)(H,21,25). The number of hydrogen-bond acceptors (Lipinski definition) is 7. The van der Waals surface area contributed by atoms with Crippen molar-refractivity contribution < 1.29 is 14.3 Å². The Bertz CT molecular complexity index is 973. The van der Waals surface area contributed by atoms with Crippen molar-refractivity contribution in [2.45, 2.75) is 11.3 Å². The number of aryl methyl sites for hydroxylation is 1. The molecule has 0 bridgehead atoms. The van der Waals surface area contributed by atoms with Crippen LogP contribution in [0.5, 0.6) is 5.75 Å². The Balaban J connectivity index is 1.55. The molecule has 0 aliphatic carbocycles. The smallest absolute Gasteiger partial charge is 0.255 e. The largest absolute Gasteiger partial charge is 0.495 e. The Morgan fingerprint density at radius 1 is 1.07 bits per heavy atom. The molecule has 1 heterocycles. The number of nitrogens with one attached hydrogen (secondary N) is 2. The zero-order valence-corrected chi connectivity index (χ0v) is 16.9. The van der Waals surface area contributed by atoms with Crippen LogP contribution in [0, 0.1) is 6.92 Å². The molecule has 2 amide bonds. The van der Waals surface area contributed by atoms with E-state index in [0.717, 1.165) is 9.35 Å². The Morgan fingerprint density at radius 3 is 2.50 bits per heavy atom. The molecular formula is C19H18N4O3S2. The Hall–Kier alpha value is -2.91. The molecule has 3 aromatic rings. The number of para-hydroxylation sites is 2. The van der Waals surface area contributed by atoms with E-state index in [9.17, 15) is 9.59 Å². The molecule has 0 aliphatic heterocycles. The summed E-state index contributed by atoms with van der Waals surface area (Å²) in [6, 6.07) is 13.9. The molecule has 9 heteroatoms. The van der Waals surface area contributed by atoms with Gasteiger partial charge < -0.3 is 15.4 Å². The van der Waals surface area contributed by atoms with Crippen molar-refractivity contribution in [3.63, 3.8) is 0 Å². The second-order valence-electron chi connectivity index (χ2n) is 5.66. The number of benzene rings is 2. The van der Waals surface area contributed by atoms with E-state index in [1.165, 1.54) is 23.1 Å². The molecule has 0 atom stereocenters. The number of aromatic nitrogens is 2. The van der Waals surface area contributed by atoms with Crippen LogP contribution < -0.4 is 15.4 Å². The Morgan fingerprint density at radius 2 is 1.82 bits per heavy atom. The molecule has 0 aliphatic rings. The van der Waals surface area contributed by atoms with E-state index in [0.29, 0.717) is 22.7 Å². The lowest BCUT2D eigenvalue weighted by atomic mass is 10.2. The van der Waals surface area contributed by atoms with Crippen LogP contribution in [-0.4, -0.2) is 34.9 Å². The Kier molecular flexibility index (Phi) is 6.62. The lowest BCUT2D eigenvalue weighted by Gasteiger charge is -2.10. The number of thioether (sulfide) groups is 1. The monoisotopic (exact) mass is 414 g/mol. The molecule has 0 unspecified atom stereocenters. The van der Waals surface area contributed by atoms with Gasteiger partial charge in [0.15, 0.2) is 4.34 Å². The summed E-state index contributed by atoms with van der Waals surface area (Å²) in [6.07, 6.45) is 0. The first-order valence-corrected chi connectivity index (χ1v) is 10.1. The van der Waals surface area contributed by atoms with Gasteiger partial charge in [-0.3, -0.25) is 9.59 Å². The number of carbonyl (C=O) groups is 2. The zero-order valence-electron chi connectivity index (χ0n) is 15.3. The molecule has 0 spiro atoms. The zero-order chi connectivity index (χ0) is 19.9. The molecule has 1 aromatic heterocycles. The average molecular weight is 415 g/mol. The molecule has 0 saturated heterocycles. The quantitative estimate of drug-likeness (QED) is 0.571. The van der Waals surface area contributed by atoms with E-state index >= 15 is 0 Å². The van der Waals surface area contributed by atoms with Gasteiger partial charge in [-0.05, 0) is 43.3 Å². The van der Waals surface area contributed by atoms with E-state index < -0.39 is 0 Å². The summed E-state index contributed by atoms with van der Waals surface area (Å²) in [7, 11) is 1.55. The highest BCUT2D eigenvalue weighted by Crippen LogP contribution is 2.24. The molecule has 7 nitrogen and oxygen atoms in total. The van der Waals surface area contributed by atoms with Gasteiger partial charge in [-0.15, -0.1) is 10.2 Å². The van der Waals surface area contributed by atoms with Gasteiger partial charge in [0.2, 0.25) is 5.91 Å². The van der Waals surface area contributed by atoms with Crippen molar-refractivity contribution in [2.24, 2.45) is 0 Å². The van der Waals surface area contributed by atoms with Gasteiger partial charge in [-0.1, -0.05) is 35.2 Å². The average Bonchev–Trinajstić information content (AvgIpc) is 3.12. The van der Waals surface area contributed by atoms with Gasteiger partial charge in [0, 0.05) is 11.3 Å². The number of nitrogens with zero attached hydrogens (tertiary/aromatic N) is 2. The molecule has 3 rings (SSSR count). The maximum absolute atomic E-state index is 12.4. The predicted octanol–water partition coefficient (Wildman–Crippen LogP) is 3.84. The third-order valence-electron chi connectivity index (χ3n) is 3.62. The second kappa shape index (κ2) is 9.34. The summed E-state index contributed by atoms with van der Waals surface area (Å²) in [4.78, 5) is 24.5.